The number of nitrogens with one attached hydrogen (secondary N) is 1. The molecule has 1 aliphatic rings. The molecular weight excluding hydrogens is 330 g/mol. The van der Waals surface area contributed by atoms with Gasteiger partial charge in [-0.15, -0.1) is 0 Å². The highest BCUT2D eigenvalue weighted by Crippen LogP contribution is 2.29. The van der Waals surface area contributed by atoms with Crippen LogP contribution in [0, 0.1) is 0 Å². The zero-order valence-corrected chi connectivity index (χ0v) is 14.0. The lowest BCUT2D eigenvalue weighted by atomic mass is 9.89. The number of benzene rings is 1. The average molecular weight is 345 g/mol. The van der Waals surface area contributed by atoms with Gasteiger partial charge in [0.15, 0.2) is 11.4 Å². The number of anilines is 1. The maximum Gasteiger partial charge on any atom is 0.339 e. The third kappa shape index (κ3) is 3.18. The lowest BCUT2D eigenvalue weighted by Gasteiger charge is -2.32. The minimum absolute atomic E-state index is 0.0598. The first-order valence-electron chi connectivity index (χ1n) is 7.32. The van der Waals surface area contributed by atoms with Crippen molar-refractivity contribution in [2.24, 2.45) is 0 Å². The lowest BCUT2D eigenvalue weighted by molar-refractivity contribution is -0.134. The predicted octanol–water partition coefficient (Wildman–Crippen LogP) is 1.78. The van der Waals surface area contributed by atoms with E-state index in [4.69, 9.17) is 4.74 Å². The van der Waals surface area contributed by atoms with Gasteiger partial charge >= 0.3 is 5.97 Å². The number of esters is 1. The number of Topliss-reactive ketones (excluding diaryl/α,β-unsaturated/α-hetero) is 1. The molecule has 0 fully saturated rings. The summed E-state index contributed by atoms with van der Waals surface area (Å²) in [4.78, 5) is 39.8. The highest BCUT2D eigenvalue weighted by atomic mass is 32.1. The van der Waals surface area contributed by atoms with Gasteiger partial charge in [-0.3, -0.25) is 14.9 Å². The average Bonchev–Trinajstić information content (AvgIpc) is 2.93. The van der Waals surface area contributed by atoms with E-state index in [1.54, 1.807) is 25.1 Å². The smallest absolute Gasteiger partial charge is 0.339 e. The van der Waals surface area contributed by atoms with Gasteiger partial charge in [0.05, 0.1) is 12.0 Å². The molecule has 0 saturated heterocycles. The monoisotopic (exact) mass is 345 g/mol. The summed E-state index contributed by atoms with van der Waals surface area (Å²) in [5.74, 6) is -0.700. The van der Waals surface area contributed by atoms with Crippen LogP contribution in [0.1, 0.15) is 35.6 Å². The Kier molecular flexibility index (Phi) is 4.15. The van der Waals surface area contributed by atoms with Crippen molar-refractivity contribution in [1.82, 2.24) is 9.36 Å². The van der Waals surface area contributed by atoms with Crippen molar-refractivity contribution >= 4 is 34.3 Å². The number of hydrogen-bond acceptors (Lipinski definition) is 7. The van der Waals surface area contributed by atoms with Gasteiger partial charge in [-0.2, -0.15) is 4.37 Å². The third-order valence-corrected chi connectivity index (χ3v) is 4.33. The molecule has 1 atom stereocenters. The van der Waals surface area contributed by atoms with Crippen molar-refractivity contribution in [2.75, 3.05) is 5.32 Å². The fourth-order valence-electron chi connectivity index (χ4n) is 2.49. The molecule has 1 aliphatic heterocycles. The molecule has 0 unspecified atom stereocenters. The largest absolute Gasteiger partial charge is 0.445 e. The van der Waals surface area contributed by atoms with Crippen molar-refractivity contribution in [3.05, 3.63) is 41.2 Å². The number of carbonyl (C=O) groups is 3. The number of cyclic esters (lactones) is 1. The molecule has 0 aliphatic carbocycles. The zero-order valence-electron chi connectivity index (χ0n) is 13.2. The van der Waals surface area contributed by atoms with Gasteiger partial charge in [0.2, 0.25) is 5.13 Å². The molecule has 2 heterocycles. The molecule has 0 spiro atoms. The summed E-state index contributed by atoms with van der Waals surface area (Å²) in [5, 5.41) is 2.89. The van der Waals surface area contributed by atoms with Gasteiger partial charge in [-0.1, -0.05) is 18.2 Å². The molecule has 0 bridgehead atoms. The summed E-state index contributed by atoms with van der Waals surface area (Å²) in [6.45, 7) is 3.01. The van der Waals surface area contributed by atoms with Gasteiger partial charge in [0, 0.05) is 18.0 Å². The molecule has 7 nitrogen and oxygen atoms in total. The topological polar surface area (TPSA) is 98.2 Å². The maximum absolute atomic E-state index is 12.6. The van der Waals surface area contributed by atoms with Crippen LogP contribution < -0.4 is 5.32 Å². The van der Waals surface area contributed by atoms with Crippen LogP contribution in [0.3, 0.4) is 0 Å². The number of carbonyl (C=O) groups excluding carboxylic acids is 3. The van der Waals surface area contributed by atoms with Crippen LogP contribution in [-0.2, 0) is 27.2 Å². The molecule has 124 valence electrons. The van der Waals surface area contributed by atoms with Crippen molar-refractivity contribution < 1.29 is 19.1 Å². The fraction of sp³-hybridized carbons (Fsp3) is 0.312. The first-order chi connectivity index (χ1) is 11.4. The lowest BCUT2D eigenvalue weighted by Crippen LogP contribution is -2.48. The standard InChI is InChI=1S/C16H15N3O4S/c1-9(20)7-12-17-15(24-19-12)18-14(22)16(2)8-10-5-3-4-6-11(10)13(21)23-16/h3-6H,7-8H2,1-2H3,(H,17,18,19,22)/t16-/m0/s1. The normalized spacial score (nSPS) is 19.3. The van der Waals surface area contributed by atoms with Gasteiger partial charge in [-0.25, -0.2) is 9.78 Å². The van der Waals surface area contributed by atoms with Gasteiger partial charge in [0.1, 0.15) is 5.78 Å². The van der Waals surface area contributed by atoms with E-state index in [-0.39, 0.29) is 23.8 Å². The van der Waals surface area contributed by atoms with E-state index in [9.17, 15) is 14.4 Å². The van der Waals surface area contributed by atoms with Crippen LogP contribution in [0.4, 0.5) is 5.13 Å². The number of ether oxygens (including phenoxy) is 1. The summed E-state index contributed by atoms with van der Waals surface area (Å²) in [6.07, 6.45) is 0.395. The van der Waals surface area contributed by atoms with E-state index in [0.717, 1.165) is 17.1 Å². The molecular formula is C16H15N3O4S. The highest BCUT2D eigenvalue weighted by Gasteiger charge is 2.42. The molecule has 1 N–H and O–H groups in total. The van der Waals surface area contributed by atoms with E-state index in [1.807, 2.05) is 6.07 Å². The Morgan fingerprint density at radius 1 is 1.38 bits per heavy atom. The van der Waals surface area contributed by atoms with Crippen LogP contribution >= 0.6 is 11.5 Å². The Balaban J connectivity index is 1.76. The Bertz CT molecular complexity index is 832. The quantitative estimate of drug-likeness (QED) is 0.848. The summed E-state index contributed by atoms with van der Waals surface area (Å²) in [7, 11) is 0. The zero-order chi connectivity index (χ0) is 17.3. The van der Waals surface area contributed by atoms with Crippen LogP contribution in [0.25, 0.3) is 0 Å². The van der Waals surface area contributed by atoms with E-state index in [2.05, 4.69) is 14.7 Å². The number of ketones is 1. The Hall–Kier alpha value is -2.61. The van der Waals surface area contributed by atoms with Crippen molar-refractivity contribution in [3.63, 3.8) is 0 Å². The summed E-state index contributed by atoms with van der Waals surface area (Å²) < 4.78 is 9.37. The predicted molar refractivity (Wildman–Crippen MR) is 86.9 cm³/mol. The SMILES string of the molecule is CC(=O)Cc1nsc(NC(=O)[C@]2(C)Cc3ccccc3C(=O)O2)n1. The summed E-state index contributed by atoms with van der Waals surface area (Å²) >= 11 is 0.983. The number of aromatic nitrogens is 2. The Labute approximate surface area is 142 Å². The summed E-state index contributed by atoms with van der Waals surface area (Å²) in [5.41, 5.74) is -0.0824. The van der Waals surface area contributed by atoms with Crippen molar-refractivity contribution in [3.8, 4) is 0 Å². The second-order valence-electron chi connectivity index (χ2n) is 5.80. The molecule has 0 saturated carbocycles. The van der Waals surface area contributed by atoms with Crippen molar-refractivity contribution in [2.45, 2.75) is 32.3 Å². The first-order valence-corrected chi connectivity index (χ1v) is 8.09. The van der Waals surface area contributed by atoms with Gasteiger partial charge < -0.3 is 4.74 Å². The van der Waals surface area contributed by atoms with E-state index in [1.165, 1.54) is 6.92 Å². The Morgan fingerprint density at radius 3 is 2.88 bits per heavy atom. The molecule has 3 rings (SSSR count). The van der Waals surface area contributed by atoms with Crippen LogP contribution in [-0.4, -0.2) is 32.6 Å². The molecule has 1 aromatic carbocycles. The molecule has 0 radical (unpaired) electrons. The van der Waals surface area contributed by atoms with Crippen LogP contribution in [0.2, 0.25) is 0 Å². The number of hydrogen-bond donors (Lipinski definition) is 1. The second kappa shape index (κ2) is 6.12. The maximum atomic E-state index is 12.6. The van der Waals surface area contributed by atoms with E-state index >= 15 is 0 Å². The molecule has 2 aromatic rings. The molecule has 1 amide bonds. The van der Waals surface area contributed by atoms with Crippen molar-refractivity contribution in [1.29, 1.82) is 0 Å². The number of nitrogens with zero attached hydrogens (tertiary/aromatic N) is 2. The molecule has 1 aromatic heterocycles. The number of fused-ring (bicyclic) bond motifs is 1. The molecule has 8 heteroatoms. The minimum Gasteiger partial charge on any atom is -0.445 e. The fourth-order valence-corrected chi connectivity index (χ4v) is 3.07. The molecule has 24 heavy (non-hydrogen) atoms. The van der Waals surface area contributed by atoms with E-state index in [0.29, 0.717) is 11.4 Å². The van der Waals surface area contributed by atoms with Crippen LogP contribution in [0.15, 0.2) is 24.3 Å². The first kappa shape index (κ1) is 16.3. The number of amides is 1. The minimum atomic E-state index is -1.32. The van der Waals surface area contributed by atoms with Gasteiger partial charge in [-0.05, 0) is 25.5 Å². The number of rotatable bonds is 4. The second-order valence-corrected chi connectivity index (χ2v) is 6.55. The highest BCUT2D eigenvalue weighted by molar-refractivity contribution is 7.09. The van der Waals surface area contributed by atoms with Crippen LogP contribution in [0.5, 0.6) is 0 Å². The Morgan fingerprint density at radius 2 is 2.12 bits per heavy atom. The van der Waals surface area contributed by atoms with E-state index < -0.39 is 17.5 Å². The third-order valence-electron chi connectivity index (χ3n) is 3.66. The van der Waals surface area contributed by atoms with Gasteiger partial charge in [0.25, 0.3) is 5.91 Å². The summed E-state index contributed by atoms with van der Waals surface area (Å²) in [6, 6.07) is 7.04.